The highest BCUT2D eigenvalue weighted by molar-refractivity contribution is 5.89. The first-order chi connectivity index (χ1) is 23.2. The molecule has 3 rings (SSSR count). The largest absolute Gasteiger partial charge is 0.497 e. The zero-order valence-electron chi connectivity index (χ0n) is 31.2. The summed E-state index contributed by atoms with van der Waals surface area (Å²) < 4.78 is 23.4. The van der Waals surface area contributed by atoms with E-state index in [1.807, 2.05) is 6.92 Å². The SMILES string of the molecule is CC[C@H]1OC(=O)[C@H](C)[C@@H](O)[C@H](C)[C@@H](O[C@@H]2O[C@H](C)C[C@H](N(C)C(=O)Nc3ccc(OC)cc3)[C@H]2O)[C@](C)(O)C[C@@H](C)CN[C@H](C)[C@@H](O)[C@]1(C)O. The minimum atomic E-state index is -1.80. The van der Waals surface area contributed by atoms with Crippen molar-refractivity contribution < 1.29 is 54.1 Å². The van der Waals surface area contributed by atoms with Crippen LogP contribution in [-0.4, -0.2) is 129 Å². The molecule has 1 aromatic carbocycles. The minimum Gasteiger partial charge on any atom is -0.497 e. The van der Waals surface area contributed by atoms with E-state index < -0.39 is 90.0 Å². The Hall–Kier alpha value is -2.56. The Morgan fingerprint density at radius 2 is 1.68 bits per heavy atom. The van der Waals surface area contributed by atoms with E-state index in [-0.39, 0.29) is 18.8 Å². The molecule has 0 spiro atoms. The fourth-order valence-corrected chi connectivity index (χ4v) is 7.27. The number of nitrogens with zero attached hydrogens (tertiary/aromatic N) is 1. The second-order valence-electron chi connectivity index (χ2n) is 14.9. The lowest BCUT2D eigenvalue weighted by Gasteiger charge is -2.47. The highest BCUT2D eigenvalue weighted by Crippen LogP contribution is 2.36. The lowest BCUT2D eigenvalue weighted by atomic mass is 9.78. The number of hydrogen-bond donors (Lipinski definition) is 7. The van der Waals surface area contributed by atoms with Crippen LogP contribution in [0.2, 0.25) is 0 Å². The number of cyclic esters (lactones) is 1. The van der Waals surface area contributed by atoms with E-state index in [9.17, 15) is 35.1 Å². The highest BCUT2D eigenvalue weighted by Gasteiger charge is 2.49. The van der Waals surface area contributed by atoms with Crippen molar-refractivity contribution in [3.8, 4) is 5.75 Å². The molecule has 0 aromatic heterocycles. The first kappa shape index (κ1) is 41.9. The molecule has 0 aliphatic carbocycles. The molecule has 50 heavy (non-hydrogen) atoms. The van der Waals surface area contributed by atoms with Gasteiger partial charge in [-0.25, -0.2) is 4.79 Å². The Kier molecular flexibility index (Phi) is 14.5. The van der Waals surface area contributed by atoms with E-state index in [0.29, 0.717) is 24.4 Å². The van der Waals surface area contributed by atoms with Gasteiger partial charge < -0.3 is 60.0 Å². The predicted molar refractivity (Wildman–Crippen MR) is 186 cm³/mol. The number of aliphatic hydroxyl groups excluding tert-OH is 3. The molecule has 286 valence electrons. The third-order valence-corrected chi connectivity index (χ3v) is 10.5. The molecule has 0 saturated carbocycles. The van der Waals surface area contributed by atoms with Crippen molar-refractivity contribution in [1.29, 1.82) is 0 Å². The van der Waals surface area contributed by atoms with Crippen LogP contribution in [0, 0.1) is 17.8 Å². The summed E-state index contributed by atoms with van der Waals surface area (Å²) in [4.78, 5) is 28.1. The topological polar surface area (TPSA) is 200 Å². The van der Waals surface area contributed by atoms with Crippen LogP contribution in [0.25, 0.3) is 0 Å². The summed E-state index contributed by atoms with van der Waals surface area (Å²) in [6.45, 7) is 13.6. The smallest absolute Gasteiger partial charge is 0.321 e. The number of hydrogen-bond acceptors (Lipinski definition) is 12. The number of aliphatic hydroxyl groups is 5. The van der Waals surface area contributed by atoms with Gasteiger partial charge >= 0.3 is 12.0 Å². The Labute approximate surface area is 296 Å². The highest BCUT2D eigenvalue weighted by atomic mass is 16.7. The van der Waals surface area contributed by atoms with Gasteiger partial charge in [0.05, 0.1) is 43.0 Å². The zero-order chi connectivity index (χ0) is 37.7. The van der Waals surface area contributed by atoms with Gasteiger partial charge in [0.1, 0.15) is 29.7 Å². The molecule has 14 heteroatoms. The summed E-state index contributed by atoms with van der Waals surface area (Å²) in [6, 6.07) is 5.02. The number of urea groups is 1. The number of rotatable bonds is 6. The summed E-state index contributed by atoms with van der Waals surface area (Å²) in [5, 5.41) is 63.7. The summed E-state index contributed by atoms with van der Waals surface area (Å²) in [6.07, 6.45) is -7.38. The second-order valence-corrected chi connectivity index (χ2v) is 14.9. The molecule has 0 bridgehead atoms. The van der Waals surface area contributed by atoms with Crippen LogP contribution in [0.1, 0.15) is 74.7 Å². The summed E-state index contributed by atoms with van der Waals surface area (Å²) >= 11 is 0. The molecule has 14 atom stereocenters. The molecule has 2 aliphatic heterocycles. The van der Waals surface area contributed by atoms with Gasteiger partial charge in [0.25, 0.3) is 0 Å². The monoisotopic (exact) mass is 711 g/mol. The van der Waals surface area contributed by atoms with Crippen molar-refractivity contribution in [3.05, 3.63) is 24.3 Å². The van der Waals surface area contributed by atoms with Gasteiger partial charge in [0.15, 0.2) is 6.29 Å². The number of nitrogens with one attached hydrogen (secondary N) is 2. The lowest BCUT2D eigenvalue weighted by molar-refractivity contribution is -0.298. The minimum absolute atomic E-state index is 0.156. The van der Waals surface area contributed by atoms with Crippen molar-refractivity contribution in [2.45, 2.75) is 141 Å². The molecule has 2 aliphatic rings. The van der Waals surface area contributed by atoms with Crippen molar-refractivity contribution in [1.82, 2.24) is 10.2 Å². The van der Waals surface area contributed by atoms with Gasteiger partial charge in [-0.1, -0.05) is 20.8 Å². The van der Waals surface area contributed by atoms with Crippen LogP contribution in [0.4, 0.5) is 10.5 Å². The first-order valence-electron chi connectivity index (χ1n) is 17.7. The average Bonchev–Trinajstić information content (AvgIpc) is 3.07. The number of benzene rings is 1. The molecule has 2 heterocycles. The summed E-state index contributed by atoms with van der Waals surface area (Å²) in [5.41, 5.74) is -2.89. The van der Waals surface area contributed by atoms with Crippen LogP contribution < -0.4 is 15.4 Å². The van der Waals surface area contributed by atoms with Gasteiger partial charge in [-0.05, 0) is 90.6 Å². The van der Waals surface area contributed by atoms with Gasteiger partial charge in [0.2, 0.25) is 0 Å². The number of ether oxygens (including phenoxy) is 4. The molecule has 2 amide bonds. The Balaban J connectivity index is 1.91. The van der Waals surface area contributed by atoms with E-state index in [0.717, 1.165) is 0 Å². The number of amides is 2. The van der Waals surface area contributed by atoms with Crippen molar-refractivity contribution >= 4 is 17.7 Å². The maximum absolute atomic E-state index is 13.4. The van der Waals surface area contributed by atoms with Crippen LogP contribution in [-0.2, 0) is 19.0 Å². The maximum Gasteiger partial charge on any atom is 0.321 e. The molecule has 14 nitrogen and oxygen atoms in total. The van der Waals surface area contributed by atoms with Crippen molar-refractivity contribution in [2.75, 3.05) is 26.0 Å². The molecule has 0 unspecified atom stereocenters. The number of anilines is 1. The van der Waals surface area contributed by atoms with E-state index in [4.69, 9.17) is 18.9 Å². The van der Waals surface area contributed by atoms with Crippen LogP contribution in [0.5, 0.6) is 5.75 Å². The fourth-order valence-electron chi connectivity index (χ4n) is 7.27. The van der Waals surface area contributed by atoms with Crippen LogP contribution >= 0.6 is 0 Å². The van der Waals surface area contributed by atoms with Gasteiger partial charge in [-0.3, -0.25) is 4.79 Å². The third kappa shape index (κ3) is 9.85. The predicted octanol–water partition coefficient (Wildman–Crippen LogP) is 2.24. The number of carbonyl (C=O) groups excluding carboxylic acids is 2. The Bertz CT molecular complexity index is 1250. The van der Waals surface area contributed by atoms with E-state index in [2.05, 4.69) is 10.6 Å². The maximum atomic E-state index is 13.4. The first-order valence-corrected chi connectivity index (χ1v) is 17.7. The van der Waals surface area contributed by atoms with Crippen LogP contribution in [0.15, 0.2) is 24.3 Å². The zero-order valence-corrected chi connectivity index (χ0v) is 31.2. The normalized spacial score (nSPS) is 40.9. The van der Waals surface area contributed by atoms with E-state index in [1.54, 1.807) is 73.0 Å². The number of carbonyl (C=O) groups is 2. The molecular formula is C36H61N3O11. The Morgan fingerprint density at radius 3 is 2.26 bits per heavy atom. The number of likely N-dealkylation sites (N-methyl/N-ethyl adjacent to an activating group) is 1. The molecule has 2 saturated heterocycles. The van der Waals surface area contributed by atoms with E-state index >= 15 is 0 Å². The Morgan fingerprint density at radius 1 is 1.06 bits per heavy atom. The van der Waals surface area contributed by atoms with Crippen LogP contribution in [0.3, 0.4) is 0 Å². The standard InChI is InChI=1S/C36H61N3O11/c1-11-27-36(8,46)30(42)23(6)37-18-19(2)17-35(7,45)31(21(4)28(40)22(5)32(43)49-27)50-33-29(41)26(16-20(3)48-33)39(9)34(44)38-24-12-14-25(47-10)15-13-24/h12-15,19-23,26-31,33,37,40-42,45-46H,11,16-18H2,1-10H3,(H,38,44)/t19-,20-,21+,22-,23-,26+,27-,28+,29-,30-,31-,33+,35-,36-/m1/s1. The van der Waals surface area contributed by atoms with E-state index in [1.165, 1.54) is 18.7 Å². The average molecular weight is 712 g/mol. The molecule has 2 fully saturated rings. The van der Waals surface area contributed by atoms with Gasteiger partial charge in [-0.2, -0.15) is 0 Å². The van der Waals surface area contributed by atoms with Crippen molar-refractivity contribution in [2.24, 2.45) is 17.8 Å². The summed E-state index contributed by atoms with van der Waals surface area (Å²) in [7, 11) is 3.11. The van der Waals surface area contributed by atoms with Gasteiger partial charge in [0, 0.05) is 24.7 Å². The summed E-state index contributed by atoms with van der Waals surface area (Å²) in [5.74, 6) is -2.37. The molecule has 0 radical (unpaired) electrons. The third-order valence-electron chi connectivity index (χ3n) is 10.5. The number of methoxy groups -OCH3 is 1. The van der Waals surface area contributed by atoms with Crippen molar-refractivity contribution in [3.63, 3.8) is 0 Å². The molecule has 1 aromatic rings. The quantitative estimate of drug-likeness (QED) is 0.213. The lowest BCUT2D eigenvalue weighted by Crippen LogP contribution is -2.60. The molecular weight excluding hydrogens is 650 g/mol. The number of esters is 1. The second kappa shape index (κ2) is 17.3. The molecule has 7 N–H and O–H groups in total. The fraction of sp³-hybridized carbons (Fsp3) is 0.778. The van der Waals surface area contributed by atoms with Gasteiger partial charge in [-0.15, -0.1) is 0 Å².